The summed E-state index contributed by atoms with van der Waals surface area (Å²) in [6.07, 6.45) is 0.404. The van der Waals surface area contributed by atoms with Gasteiger partial charge in [-0.05, 0) is 18.1 Å². The van der Waals surface area contributed by atoms with Gasteiger partial charge >= 0.3 is 5.69 Å². The van der Waals surface area contributed by atoms with Gasteiger partial charge in [-0.15, -0.1) is 0 Å². The number of hydrogen-bond donors (Lipinski definition) is 4. The molecule has 1 aromatic carbocycles. The predicted molar refractivity (Wildman–Crippen MR) is 75.3 cm³/mol. The number of aliphatic hydroxyl groups excluding tert-OH is 1. The summed E-state index contributed by atoms with van der Waals surface area (Å²) in [6, 6.07) is 2.35. The van der Waals surface area contributed by atoms with Gasteiger partial charge in [0.15, 0.2) is 5.75 Å². The van der Waals surface area contributed by atoms with E-state index in [4.69, 9.17) is 0 Å². The highest BCUT2D eigenvalue weighted by atomic mass is 16.6. The van der Waals surface area contributed by atoms with Gasteiger partial charge < -0.3 is 20.6 Å². The molecule has 1 aliphatic rings. The molecule has 0 aliphatic carbocycles. The zero-order valence-electron chi connectivity index (χ0n) is 11.5. The van der Waals surface area contributed by atoms with Crippen LogP contribution < -0.4 is 5.32 Å². The van der Waals surface area contributed by atoms with Crippen LogP contribution in [0, 0.1) is 10.1 Å². The molecule has 1 heterocycles. The number of nitro benzene ring substituents is 1. The Morgan fingerprint density at radius 2 is 2.00 bits per heavy atom. The Hall–Kier alpha value is -1.90. The molecule has 1 atom stereocenters. The van der Waals surface area contributed by atoms with E-state index >= 15 is 0 Å². The van der Waals surface area contributed by atoms with Crippen molar-refractivity contribution in [2.45, 2.75) is 12.5 Å². The number of rotatable bonds is 5. The Morgan fingerprint density at radius 3 is 2.57 bits per heavy atom. The highest BCUT2D eigenvalue weighted by molar-refractivity contribution is 5.57. The van der Waals surface area contributed by atoms with E-state index in [-0.39, 0.29) is 12.6 Å². The molecule has 116 valence electrons. The summed E-state index contributed by atoms with van der Waals surface area (Å²) in [7, 11) is 0. The highest BCUT2D eigenvalue weighted by Gasteiger charge is 2.26. The SMILES string of the molecule is O=[N+]([O-])c1cc([C@@H](CCO)N2CCNCC2)cc(O)c1O. The summed E-state index contributed by atoms with van der Waals surface area (Å²) in [6.45, 7) is 3.03. The van der Waals surface area contributed by atoms with Crippen molar-refractivity contribution in [1.82, 2.24) is 10.2 Å². The van der Waals surface area contributed by atoms with Crippen LogP contribution in [0.5, 0.6) is 11.5 Å². The molecule has 0 radical (unpaired) electrons. The Labute approximate surface area is 121 Å². The van der Waals surface area contributed by atoms with Crippen molar-refractivity contribution >= 4 is 5.69 Å². The molecule has 2 rings (SSSR count). The number of nitro groups is 1. The topological polar surface area (TPSA) is 119 Å². The number of hydrogen-bond acceptors (Lipinski definition) is 7. The molecule has 21 heavy (non-hydrogen) atoms. The van der Waals surface area contributed by atoms with Crippen molar-refractivity contribution in [2.75, 3.05) is 32.8 Å². The van der Waals surface area contributed by atoms with Gasteiger partial charge in [0.2, 0.25) is 5.75 Å². The van der Waals surface area contributed by atoms with Crippen LogP contribution in [0.4, 0.5) is 5.69 Å². The molecule has 0 spiro atoms. The first kappa shape index (κ1) is 15.5. The molecule has 0 amide bonds. The van der Waals surface area contributed by atoms with E-state index < -0.39 is 22.1 Å². The maximum absolute atomic E-state index is 10.9. The molecule has 1 saturated heterocycles. The van der Waals surface area contributed by atoms with Crippen LogP contribution in [-0.4, -0.2) is 57.9 Å². The van der Waals surface area contributed by atoms with Gasteiger partial charge in [-0.3, -0.25) is 15.0 Å². The number of phenols is 2. The van der Waals surface area contributed by atoms with Gasteiger partial charge in [-0.2, -0.15) is 0 Å². The molecule has 0 aromatic heterocycles. The van der Waals surface area contributed by atoms with Crippen LogP contribution in [0.1, 0.15) is 18.0 Å². The number of phenolic OH excluding ortho intramolecular Hbond substituents is 2. The fourth-order valence-electron chi connectivity index (χ4n) is 2.63. The van der Waals surface area contributed by atoms with E-state index in [9.17, 15) is 25.4 Å². The zero-order chi connectivity index (χ0) is 15.4. The van der Waals surface area contributed by atoms with Crippen LogP contribution in [-0.2, 0) is 0 Å². The lowest BCUT2D eigenvalue weighted by molar-refractivity contribution is -0.386. The largest absolute Gasteiger partial charge is 0.504 e. The van der Waals surface area contributed by atoms with Crippen molar-refractivity contribution in [2.24, 2.45) is 0 Å². The molecule has 0 bridgehead atoms. The van der Waals surface area contributed by atoms with Crippen molar-refractivity contribution in [3.05, 3.63) is 27.8 Å². The number of aliphatic hydroxyl groups is 1. The van der Waals surface area contributed by atoms with E-state index in [0.717, 1.165) is 26.2 Å². The van der Waals surface area contributed by atoms with Gasteiger partial charge in [0.25, 0.3) is 0 Å². The lowest BCUT2D eigenvalue weighted by Crippen LogP contribution is -2.45. The molecular formula is C13H19N3O5. The summed E-state index contributed by atoms with van der Waals surface area (Å²) >= 11 is 0. The monoisotopic (exact) mass is 297 g/mol. The molecule has 0 unspecified atom stereocenters. The summed E-state index contributed by atoms with van der Waals surface area (Å²) < 4.78 is 0. The predicted octanol–water partition coefficient (Wildman–Crippen LogP) is 0.335. The first-order valence-corrected chi connectivity index (χ1v) is 6.80. The van der Waals surface area contributed by atoms with E-state index in [0.29, 0.717) is 12.0 Å². The first-order chi connectivity index (χ1) is 10.0. The van der Waals surface area contributed by atoms with Gasteiger partial charge in [0.05, 0.1) is 4.92 Å². The third kappa shape index (κ3) is 3.41. The quantitative estimate of drug-likeness (QED) is 0.351. The fraction of sp³-hybridized carbons (Fsp3) is 0.538. The van der Waals surface area contributed by atoms with Crippen LogP contribution >= 0.6 is 0 Å². The Morgan fingerprint density at radius 1 is 1.33 bits per heavy atom. The van der Waals surface area contributed by atoms with Gasteiger partial charge in [-0.1, -0.05) is 0 Å². The van der Waals surface area contributed by atoms with Gasteiger partial charge in [0.1, 0.15) is 0 Å². The molecule has 1 aromatic rings. The maximum atomic E-state index is 10.9. The Balaban J connectivity index is 2.37. The normalized spacial score (nSPS) is 17.6. The summed E-state index contributed by atoms with van der Waals surface area (Å²) in [5.74, 6) is -1.25. The molecule has 1 aliphatic heterocycles. The zero-order valence-corrected chi connectivity index (χ0v) is 11.5. The van der Waals surface area contributed by atoms with E-state index in [1.807, 2.05) is 0 Å². The minimum Gasteiger partial charge on any atom is -0.504 e. The third-order valence-electron chi connectivity index (χ3n) is 3.67. The molecular weight excluding hydrogens is 278 g/mol. The minimum atomic E-state index is -0.730. The fourth-order valence-corrected chi connectivity index (χ4v) is 2.63. The number of nitrogens with one attached hydrogen (secondary N) is 1. The number of nitrogens with zero attached hydrogens (tertiary/aromatic N) is 2. The van der Waals surface area contributed by atoms with E-state index in [1.54, 1.807) is 0 Å². The van der Waals surface area contributed by atoms with Crippen LogP contribution in [0.15, 0.2) is 12.1 Å². The maximum Gasteiger partial charge on any atom is 0.314 e. The van der Waals surface area contributed by atoms with E-state index in [1.165, 1.54) is 12.1 Å². The average Bonchev–Trinajstić information content (AvgIpc) is 2.48. The number of piperazine rings is 1. The molecule has 8 heteroatoms. The smallest absolute Gasteiger partial charge is 0.314 e. The Bertz CT molecular complexity index is 517. The van der Waals surface area contributed by atoms with Crippen molar-refractivity contribution in [1.29, 1.82) is 0 Å². The summed E-state index contributed by atoms with van der Waals surface area (Å²) in [4.78, 5) is 12.3. The van der Waals surface area contributed by atoms with Crippen LogP contribution in [0.25, 0.3) is 0 Å². The van der Waals surface area contributed by atoms with Crippen molar-refractivity contribution in [3.8, 4) is 11.5 Å². The molecule has 4 N–H and O–H groups in total. The Kier molecular flexibility index (Phi) is 4.94. The summed E-state index contributed by atoms with van der Waals surface area (Å²) in [5, 5.41) is 42.6. The van der Waals surface area contributed by atoms with Crippen LogP contribution in [0.2, 0.25) is 0 Å². The lowest BCUT2D eigenvalue weighted by Gasteiger charge is -2.35. The molecule has 1 fully saturated rings. The third-order valence-corrected chi connectivity index (χ3v) is 3.67. The van der Waals surface area contributed by atoms with Crippen molar-refractivity contribution in [3.63, 3.8) is 0 Å². The summed E-state index contributed by atoms with van der Waals surface area (Å²) in [5.41, 5.74) is -0.00368. The standard InChI is InChI=1S/C13H19N3O5/c17-6-1-10(15-4-2-14-3-5-15)9-7-11(16(20)21)13(19)12(18)8-9/h7-8,10,14,17-19H,1-6H2/t10-/m1/s1. The number of benzene rings is 1. The molecule has 0 saturated carbocycles. The van der Waals surface area contributed by atoms with E-state index in [2.05, 4.69) is 10.2 Å². The minimum absolute atomic E-state index is 0.0654. The molecule has 8 nitrogen and oxygen atoms in total. The highest BCUT2D eigenvalue weighted by Crippen LogP contribution is 2.39. The lowest BCUT2D eigenvalue weighted by atomic mass is 10.00. The van der Waals surface area contributed by atoms with Crippen molar-refractivity contribution < 1.29 is 20.2 Å². The second kappa shape index (κ2) is 6.70. The number of aromatic hydroxyl groups is 2. The first-order valence-electron chi connectivity index (χ1n) is 6.80. The van der Waals surface area contributed by atoms with Gasteiger partial charge in [0, 0.05) is 44.9 Å². The van der Waals surface area contributed by atoms with Gasteiger partial charge in [-0.25, -0.2) is 0 Å². The van der Waals surface area contributed by atoms with Crippen LogP contribution in [0.3, 0.4) is 0 Å². The second-order valence-corrected chi connectivity index (χ2v) is 4.98. The average molecular weight is 297 g/mol. The second-order valence-electron chi connectivity index (χ2n) is 4.98.